The first-order chi connectivity index (χ1) is 13.7. The minimum atomic E-state index is -0.139. The van der Waals surface area contributed by atoms with Gasteiger partial charge < -0.3 is 5.32 Å². The molecule has 1 saturated carbocycles. The SMILES string of the molecule is CCC(CNC(=O)c1nnn(-c2ccc(Br)cc2)c1C1CC1)c1ccccc1. The summed E-state index contributed by atoms with van der Waals surface area (Å²) in [6.45, 7) is 2.73. The molecule has 0 radical (unpaired) electrons. The zero-order chi connectivity index (χ0) is 19.5. The van der Waals surface area contributed by atoms with Crippen molar-refractivity contribution >= 4 is 21.8 Å². The van der Waals surface area contributed by atoms with Crippen LogP contribution in [-0.2, 0) is 0 Å². The van der Waals surface area contributed by atoms with Crippen molar-refractivity contribution in [2.45, 2.75) is 38.0 Å². The molecule has 1 amide bonds. The predicted octanol–water partition coefficient (Wildman–Crippen LogP) is 4.83. The highest BCUT2D eigenvalue weighted by Crippen LogP contribution is 2.42. The predicted molar refractivity (Wildman–Crippen MR) is 113 cm³/mol. The molecule has 1 aromatic heterocycles. The number of hydrogen-bond acceptors (Lipinski definition) is 3. The van der Waals surface area contributed by atoms with Gasteiger partial charge in [0.1, 0.15) is 0 Å². The van der Waals surface area contributed by atoms with Crippen LogP contribution in [0, 0.1) is 0 Å². The zero-order valence-electron chi connectivity index (χ0n) is 15.8. The Labute approximate surface area is 173 Å². The van der Waals surface area contributed by atoms with Crippen LogP contribution in [0.2, 0.25) is 0 Å². The summed E-state index contributed by atoms with van der Waals surface area (Å²) < 4.78 is 2.82. The average Bonchev–Trinajstić information content (AvgIpc) is 3.47. The molecule has 0 aliphatic heterocycles. The van der Waals surface area contributed by atoms with Crippen molar-refractivity contribution in [3.8, 4) is 5.69 Å². The molecular formula is C22H23BrN4O. The van der Waals surface area contributed by atoms with Gasteiger partial charge in [0.2, 0.25) is 0 Å². The molecule has 1 N–H and O–H groups in total. The first-order valence-corrected chi connectivity index (χ1v) is 10.5. The van der Waals surface area contributed by atoms with E-state index in [2.05, 4.69) is 50.6 Å². The van der Waals surface area contributed by atoms with Crippen LogP contribution in [0.15, 0.2) is 59.1 Å². The summed E-state index contributed by atoms with van der Waals surface area (Å²) in [6, 6.07) is 18.2. The molecule has 1 fully saturated rings. The average molecular weight is 439 g/mol. The lowest BCUT2D eigenvalue weighted by molar-refractivity contribution is 0.0944. The van der Waals surface area contributed by atoms with Gasteiger partial charge in [0.25, 0.3) is 5.91 Å². The summed E-state index contributed by atoms with van der Waals surface area (Å²) >= 11 is 3.46. The Morgan fingerprint density at radius 2 is 1.89 bits per heavy atom. The van der Waals surface area contributed by atoms with Gasteiger partial charge in [-0.25, -0.2) is 4.68 Å². The molecule has 144 valence electrons. The van der Waals surface area contributed by atoms with E-state index < -0.39 is 0 Å². The number of carbonyl (C=O) groups is 1. The van der Waals surface area contributed by atoms with Gasteiger partial charge in [0.15, 0.2) is 5.69 Å². The molecule has 1 unspecified atom stereocenters. The second-order valence-electron chi connectivity index (χ2n) is 7.21. The van der Waals surface area contributed by atoms with Gasteiger partial charge in [-0.05, 0) is 49.1 Å². The van der Waals surface area contributed by atoms with Crippen molar-refractivity contribution in [3.05, 3.63) is 76.0 Å². The van der Waals surface area contributed by atoms with E-state index in [0.717, 1.165) is 35.1 Å². The quantitative estimate of drug-likeness (QED) is 0.574. The maximum Gasteiger partial charge on any atom is 0.273 e. The minimum absolute atomic E-state index is 0.139. The van der Waals surface area contributed by atoms with Gasteiger partial charge in [0.05, 0.1) is 11.4 Å². The van der Waals surface area contributed by atoms with Crippen molar-refractivity contribution < 1.29 is 4.79 Å². The van der Waals surface area contributed by atoms with Crippen molar-refractivity contribution in [3.63, 3.8) is 0 Å². The van der Waals surface area contributed by atoms with Crippen LogP contribution in [0.1, 0.15) is 59.8 Å². The number of halogens is 1. The number of hydrogen-bond donors (Lipinski definition) is 1. The minimum Gasteiger partial charge on any atom is -0.350 e. The number of aromatic nitrogens is 3. The fourth-order valence-electron chi connectivity index (χ4n) is 3.47. The Morgan fingerprint density at radius 3 is 2.54 bits per heavy atom. The molecule has 0 bridgehead atoms. The fraction of sp³-hybridized carbons (Fsp3) is 0.318. The number of carbonyl (C=O) groups excluding carboxylic acids is 1. The van der Waals surface area contributed by atoms with Crippen LogP contribution in [0.4, 0.5) is 0 Å². The normalized spacial score (nSPS) is 14.6. The number of rotatable bonds is 7. The third-order valence-corrected chi connectivity index (χ3v) is 5.76. The second kappa shape index (κ2) is 8.27. The smallest absolute Gasteiger partial charge is 0.273 e. The zero-order valence-corrected chi connectivity index (χ0v) is 17.4. The lowest BCUT2D eigenvalue weighted by Gasteiger charge is -2.16. The lowest BCUT2D eigenvalue weighted by atomic mass is 9.96. The summed E-state index contributed by atoms with van der Waals surface area (Å²) in [5.74, 6) is 0.506. The second-order valence-corrected chi connectivity index (χ2v) is 8.13. The molecule has 1 aliphatic rings. The Morgan fingerprint density at radius 1 is 1.18 bits per heavy atom. The Kier molecular flexibility index (Phi) is 5.57. The highest BCUT2D eigenvalue weighted by Gasteiger charge is 2.34. The van der Waals surface area contributed by atoms with E-state index in [4.69, 9.17) is 0 Å². The van der Waals surface area contributed by atoms with E-state index >= 15 is 0 Å². The molecule has 0 saturated heterocycles. The summed E-state index contributed by atoms with van der Waals surface area (Å²) in [4.78, 5) is 12.9. The fourth-order valence-corrected chi connectivity index (χ4v) is 3.73. The maximum atomic E-state index is 12.9. The van der Waals surface area contributed by atoms with Gasteiger partial charge in [0, 0.05) is 22.9 Å². The van der Waals surface area contributed by atoms with Crippen molar-refractivity contribution in [1.82, 2.24) is 20.3 Å². The van der Waals surface area contributed by atoms with Crippen LogP contribution in [0.25, 0.3) is 5.69 Å². The van der Waals surface area contributed by atoms with Crippen LogP contribution in [-0.4, -0.2) is 27.4 Å². The van der Waals surface area contributed by atoms with E-state index in [1.54, 1.807) is 0 Å². The largest absolute Gasteiger partial charge is 0.350 e. The Hall–Kier alpha value is -2.47. The third-order valence-electron chi connectivity index (χ3n) is 5.23. The molecule has 1 atom stereocenters. The summed E-state index contributed by atoms with van der Waals surface area (Å²) in [6.07, 6.45) is 3.11. The summed E-state index contributed by atoms with van der Waals surface area (Å²) in [7, 11) is 0. The van der Waals surface area contributed by atoms with E-state index in [1.165, 1.54) is 5.56 Å². The number of benzene rings is 2. The lowest BCUT2D eigenvalue weighted by Crippen LogP contribution is -2.29. The Bertz CT molecular complexity index is 948. The van der Waals surface area contributed by atoms with E-state index in [1.807, 2.05) is 47.1 Å². The van der Waals surface area contributed by atoms with Crippen molar-refractivity contribution in [2.75, 3.05) is 6.54 Å². The number of nitrogens with one attached hydrogen (secondary N) is 1. The summed E-state index contributed by atoms with van der Waals surface area (Å²) in [5, 5.41) is 11.6. The molecule has 2 aromatic carbocycles. The molecule has 5 nitrogen and oxygen atoms in total. The topological polar surface area (TPSA) is 59.8 Å². The van der Waals surface area contributed by atoms with Crippen LogP contribution in [0.3, 0.4) is 0 Å². The van der Waals surface area contributed by atoms with Gasteiger partial charge in [-0.2, -0.15) is 0 Å². The molecule has 6 heteroatoms. The monoisotopic (exact) mass is 438 g/mol. The van der Waals surface area contributed by atoms with Crippen molar-refractivity contribution in [2.24, 2.45) is 0 Å². The van der Waals surface area contributed by atoms with Crippen LogP contribution >= 0.6 is 15.9 Å². The van der Waals surface area contributed by atoms with Gasteiger partial charge >= 0.3 is 0 Å². The van der Waals surface area contributed by atoms with Crippen molar-refractivity contribution in [1.29, 1.82) is 0 Å². The maximum absolute atomic E-state index is 12.9. The molecule has 28 heavy (non-hydrogen) atoms. The van der Waals surface area contributed by atoms with E-state index in [9.17, 15) is 4.79 Å². The summed E-state index contributed by atoms with van der Waals surface area (Å²) in [5.41, 5.74) is 3.54. The highest BCUT2D eigenvalue weighted by atomic mass is 79.9. The molecule has 1 aliphatic carbocycles. The standard InChI is InChI=1S/C22H23BrN4O/c1-2-15(16-6-4-3-5-7-16)14-24-22(28)20-21(17-8-9-17)27(26-25-20)19-12-10-18(23)11-13-19/h3-7,10-13,15,17H,2,8-9,14H2,1H3,(H,24,28). The molecule has 0 spiro atoms. The van der Waals surface area contributed by atoms with Crippen LogP contribution in [0.5, 0.6) is 0 Å². The third kappa shape index (κ3) is 4.02. The number of amides is 1. The van der Waals surface area contributed by atoms with Gasteiger partial charge in [-0.15, -0.1) is 5.10 Å². The molecule has 3 aromatic rings. The molecule has 4 rings (SSSR count). The molecular weight excluding hydrogens is 416 g/mol. The van der Waals surface area contributed by atoms with E-state index in [-0.39, 0.29) is 11.8 Å². The first-order valence-electron chi connectivity index (χ1n) is 9.72. The highest BCUT2D eigenvalue weighted by molar-refractivity contribution is 9.10. The van der Waals surface area contributed by atoms with E-state index in [0.29, 0.717) is 18.2 Å². The van der Waals surface area contributed by atoms with Gasteiger partial charge in [-0.1, -0.05) is 58.4 Å². The number of nitrogens with zero attached hydrogens (tertiary/aromatic N) is 3. The molecule has 1 heterocycles. The first kappa shape index (κ1) is 18.9. The van der Waals surface area contributed by atoms with Gasteiger partial charge in [-0.3, -0.25) is 4.79 Å². The van der Waals surface area contributed by atoms with Crippen LogP contribution < -0.4 is 5.32 Å². The Balaban J connectivity index is 1.54.